The van der Waals surface area contributed by atoms with Crippen molar-refractivity contribution < 1.29 is 13.9 Å². The van der Waals surface area contributed by atoms with Crippen molar-refractivity contribution in [2.45, 2.75) is 33.2 Å². The molecule has 110 valence electrons. The predicted octanol–water partition coefficient (Wildman–Crippen LogP) is 3.84. The van der Waals surface area contributed by atoms with Crippen molar-refractivity contribution in [3.8, 4) is 17.0 Å². The van der Waals surface area contributed by atoms with Gasteiger partial charge in [-0.15, -0.1) is 0 Å². The van der Waals surface area contributed by atoms with Gasteiger partial charge in [0.05, 0.1) is 12.3 Å². The number of ketones is 1. The molecule has 1 aliphatic rings. The lowest BCUT2D eigenvalue weighted by Gasteiger charge is -2.22. The van der Waals surface area contributed by atoms with Crippen LogP contribution in [-0.4, -0.2) is 17.0 Å². The second-order valence-electron chi connectivity index (χ2n) is 5.17. The molecule has 0 radical (unpaired) electrons. The molecule has 0 unspecified atom stereocenters. The normalized spacial score (nSPS) is 12.7. The molecule has 0 aliphatic carbocycles. The van der Waals surface area contributed by atoms with Gasteiger partial charge in [0.2, 0.25) is 0 Å². The number of carbonyl (C=O) groups is 1. The van der Waals surface area contributed by atoms with Gasteiger partial charge in [0.15, 0.2) is 17.3 Å². The Balaban J connectivity index is 2.18. The van der Waals surface area contributed by atoms with Gasteiger partial charge in [-0.3, -0.25) is 4.79 Å². The van der Waals surface area contributed by atoms with E-state index in [-0.39, 0.29) is 17.3 Å². The highest BCUT2D eigenvalue weighted by Gasteiger charge is 2.24. The minimum Gasteiger partial charge on any atom is -0.491 e. The molecule has 4 heteroatoms. The fourth-order valence-corrected chi connectivity index (χ4v) is 2.90. The zero-order chi connectivity index (χ0) is 15.0. The number of halogens is 1. The molecule has 1 aromatic carbocycles. The van der Waals surface area contributed by atoms with E-state index in [1.165, 1.54) is 6.07 Å². The van der Waals surface area contributed by atoms with Crippen molar-refractivity contribution >= 4 is 5.78 Å². The molecule has 1 aliphatic heterocycles. The Bertz CT molecular complexity index is 703. The minimum absolute atomic E-state index is 0.110. The number of rotatable bonds is 4. The van der Waals surface area contributed by atoms with Crippen LogP contribution in [0.2, 0.25) is 0 Å². The third kappa shape index (κ3) is 2.24. The summed E-state index contributed by atoms with van der Waals surface area (Å²) in [6.45, 7) is 4.87. The smallest absolute Gasteiger partial charge is 0.165 e. The number of aryl methyl sites for hydroxylation is 2. The van der Waals surface area contributed by atoms with Gasteiger partial charge in [0.1, 0.15) is 0 Å². The fourth-order valence-electron chi connectivity index (χ4n) is 2.90. The number of benzene rings is 1. The monoisotopic (exact) mass is 287 g/mol. The fraction of sp³-hybridized carbons (Fsp3) is 0.353. The molecule has 2 heterocycles. The summed E-state index contributed by atoms with van der Waals surface area (Å²) in [5.74, 6) is 0.0265. The maximum Gasteiger partial charge on any atom is 0.165 e. The number of hydrogen-bond acceptors (Lipinski definition) is 2. The van der Waals surface area contributed by atoms with Crippen molar-refractivity contribution in [3.63, 3.8) is 0 Å². The van der Waals surface area contributed by atoms with E-state index in [9.17, 15) is 9.18 Å². The largest absolute Gasteiger partial charge is 0.491 e. The van der Waals surface area contributed by atoms with Crippen LogP contribution in [0, 0.1) is 5.82 Å². The molecule has 21 heavy (non-hydrogen) atoms. The van der Waals surface area contributed by atoms with Gasteiger partial charge >= 0.3 is 0 Å². The van der Waals surface area contributed by atoms with Crippen molar-refractivity contribution in [2.24, 2.45) is 0 Å². The van der Waals surface area contributed by atoms with E-state index in [0.29, 0.717) is 18.6 Å². The number of ether oxygens (including phenoxy) is 1. The van der Waals surface area contributed by atoms with E-state index in [1.807, 2.05) is 26.1 Å². The molecule has 0 atom stereocenters. The highest BCUT2D eigenvalue weighted by molar-refractivity contribution is 6.02. The van der Waals surface area contributed by atoms with Crippen molar-refractivity contribution in [3.05, 3.63) is 41.3 Å². The Labute approximate surface area is 123 Å². The van der Waals surface area contributed by atoms with E-state index in [2.05, 4.69) is 4.57 Å². The van der Waals surface area contributed by atoms with E-state index < -0.39 is 0 Å². The summed E-state index contributed by atoms with van der Waals surface area (Å²) >= 11 is 0. The molecule has 0 spiro atoms. The van der Waals surface area contributed by atoms with Crippen LogP contribution >= 0.6 is 0 Å². The summed E-state index contributed by atoms with van der Waals surface area (Å²) in [4.78, 5) is 12.1. The number of aromatic nitrogens is 1. The van der Waals surface area contributed by atoms with Crippen LogP contribution in [-0.2, 0) is 13.0 Å². The van der Waals surface area contributed by atoms with E-state index in [0.717, 1.165) is 29.8 Å². The van der Waals surface area contributed by atoms with Gasteiger partial charge in [0.25, 0.3) is 0 Å². The average Bonchev–Trinajstić information content (AvgIpc) is 2.92. The first-order valence-corrected chi connectivity index (χ1v) is 7.33. The van der Waals surface area contributed by atoms with E-state index in [1.54, 1.807) is 6.07 Å². The number of nitrogens with zero attached hydrogens (tertiary/aromatic N) is 1. The lowest BCUT2D eigenvalue weighted by Crippen LogP contribution is -2.13. The highest BCUT2D eigenvalue weighted by atomic mass is 19.1. The number of Topliss-reactive ketones (excluding diaryl/α,β-unsaturated/α-hetero) is 1. The van der Waals surface area contributed by atoms with Crippen LogP contribution in [0.1, 0.15) is 36.2 Å². The SMILES string of the molecule is CCOc1cc2c(cc1F)CCn1ccc(C(=O)CC)c1-2. The first-order chi connectivity index (χ1) is 10.2. The van der Waals surface area contributed by atoms with Gasteiger partial charge in [-0.05, 0) is 37.1 Å². The Kier molecular flexibility index (Phi) is 3.53. The second kappa shape index (κ2) is 5.35. The molecule has 0 saturated heterocycles. The summed E-state index contributed by atoms with van der Waals surface area (Å²) in [6.07, 6.45) is 3.16. The summed E-state index contributed by atoms with van der Waals surface area (Å²) in [7, 11) is 0. The third-order valence-corrected chi connectivity index (χ3v) is 3.92. The first-order valence-electron chi connectivity index (χ1n) is 7.33. The summed E-state index contributed by atoms with van der Waals surface area (Å²) in [5, 5.41) is 0. The van der Waals surface area contributed by atoms with Crippen LogP contribution in [0.5, 0.6) is 5.75 Å². The lowest BCUT2D eigenvalue weighted by molar-refractivity contribution is 0.0988. The number of carbonyl (C=O) groups excluding carboxylic acids is 1. The lowest BCUT2D eigenvalue weighted by atomic mass is 9.94. The first kappa shape index (κ1) is 13.9. The standard InChI is InChI=1S/C17H18FNO2/c1-3-15(20)12-6-8-19-7-5-11-9-14(18)16(21-4-2)10-13(11)17(12)19/h6,8-10H,3-5,7H2,1-2H3. The Morgan fingerprint density at radius 3 is 2.90 bits per heavy atom. The molecule has 3 rings (SSSR count). The Morgan fingerprint density at radius 1 is 1.38 bits per heavy atom. The van der Waals surface area contributed by atoms with Crippen LogP contribution in [0.3, 0.4) is 0 Å². The maximum absolute atomic E-state index is 14.0. The van der Waals surface area contributed by atoms with Crippen molar-refractivity contribution in [1.82, 2.24) is 4.57 Å². The van der Waals surface area contributed by atoms with Gasteiger partial charge in [-0.1, -0.05) is 6.92 Å². The number of hydrogen-bond donors (Lipinski definition) is 0. The van der Waals surface area contributed by atoms with Gasteiger partial charge in [0, 0.05) is 30.3 Å². The Morgan fingerprint density at radius 2 is 2.19 bits per heavy atom. The van der Waals surface area contributed by atoms with Crippen molar-refractivity contribution in [1.29, 1.82) is 0 Å². The third-order valence-electron chi connectivity index (χ3n) is 3.92. The summed E-state index contributed by atoms with van der Waals surface area (Å²) < 4.78 is 21.4. The summed E-state index contributed by atoms with van der Waals surface area (Å²) in [5.41, 5.74) is 3.46. The average molecular weight is 287 g/mol. The van der Waals surface area contributed by atoms with Crippen LogP contribution < -0.4 is 4.74 Å². The topological polar surface area (TPSA) is 31.2 Å². The van der Waals surface area contributed by atoms with Gasteiger partial charge < -0.3 is 9.30 Å². The van der Waals surface area contributed by atoms with E-state index >= 15 is 0 Å². The number of fused-ring (bicyclic) bond motifs is 3. The van der Waals surface area contributed by atoms with Gasteiger partial charge in [-0.25, -0.2) is 4.39 Å². The molecule has 1 aromatic heterocycles. The molecular weight excluding hydrogens is 269 g/mol. The Hall–Kier alpha value is -2.10. The summed E-state index contributed by atoms with van der Waals surface area (Å²) in [6, 6.07) is 5.13. The minimum atomic E-state index is -0.334. The zero-order valence-electron chi connectivity index (χ0n) is 12.3. The predicted molar refractivity (Wildman–Crippen MR) is 79.3 cm³/mol. The molecule has 0 amide bonds. The molecule has 0 fully saturated rings. The molecule has 0 N–H and O–H groups in total. The van der Waals surface area contributed by atoms with E-state index in [4.69, 9.17) is 4.74 Å². The second-order valence-corrected chi connectivity index (χ2v) is 5.17. The zero-order valence-corrected chi connectivity index (χ0v) is 12.3. The highest BCUT2D eigenvalue weighted by Crippen LogP contribution is 2.37. The van der Waals surface area contributed by atoms with Crippen LogP contribution in [0.25, 0.3) is 11.3 Å². The molecule has 3 nitrogen and oxygen atoms in total. The van der Waals surface area contributed by atoms with Crippen LogP contribution in [0.4, 0.5) is 4.39 Å². The maximum atomic E-state index is 14.0. The quantitative estimate of drug-likeness (QED) is 0.800. The molecule has 0 saturated carbocycles. The molecular formula is C17H18FNO2. The molecule has 2 aromatic rings. The molecule has 0 bridgehead atoms. The van der Waals surface area contributed by atoms with Crippen LogP contribution in [0.15, 0.2) is 24.4 Å². The van der Waals surface area contributed by atoms with Crippen molar-refractivity contribution in [2.75, 3.05) is 6.61 Å². The van der Waals surface area contributed by atoms with Gasteiger partial charge in [-0.2, -0.15) is 0 Å².